The first kappa shape index (κ1) is 12.5. The average Bonchev–Trinajstić information content (AvgIpc) is 2.43. The van der Waals surface area contributed by atoms with Crippen LogP contribution in [0.25, 0.3) is 6.08 Å². The van der Waals surface area contributed by atoms with Gasteiger partial charge in [0.2, 0.25) is 0 Å². The van der Waals surface area contributed by atoms with E-state index in [4.69, 9.17) is 21.6 Å². The van der Waals surface area contributed by atoms with E-state index < -0.39 is 12.1 Å². The van der Waals surface area contributed by atoms with Crippen molar-refractivity contribution < 1.29 is 9.53 Å². The number of carbonyl (C=O) groups excluding carboxylic acids is 1. The van der Waals surface area contributed by atoms with Crippen LogP contribution in [0.4, 0.5) is 10.5 Å². The number of nitriles is 1. The molecule has 5 heteroatoms. The Bertz CT molecular complexity index is 522. The van der Waals surface area contributed by atoms with Crippen LogP contribution in [0.5, 0.6) is 0 Å². The number of halogens is 1. The van der Waals surface area contributed by atoms with Crippen molar-refractivity contribution in [3.63, 3.8) is 0 Å². The Kier molecular flexibility index (Phi) is 3.85. The maximum absolute atomic E-state index is 11.9. The summed E-state index contributed by atoms with van der Waals surface area (Å²) in [5.74, 6) is 0.230. The normalized spacial score (nSPS) is 16.9. The molecule has 1 atom stereocenters. The SMILES string of the molecule is N#CC1C=Cc2ccccc2N1C(=O)OCCCl. The highest BCUT2D eigenvalue weighted by molar-refractivity contribution is 6.18. The molecule has 0 fully saturated rings. The molecule has 1 aromatic carbocycles. The molecule has 0 aromatic heterocycles. The van der Waals surface area contributed by atoms with Gasteiger partial charge in [0.05, 0.1) is 17.6 Å². The molecule has 1 unspecified atom stereocenters. The highest BCUT2D eigenvalue weighted by atomic mass is 35.5. The molecule has 0 radical (unpaired) electrons. The fourth-order valence-electron chi connectivity index (χ4n) is 1.79. The van der Waals surface area contributed by atoms with Gasteiger partial charge in [-0.25, -0.2) is 4.79 Å². The van der Waals surface area contributed by atoms with Crippen molar-refractivity contribution >= 4 is 29.5 Å². The van der Waals surface area contributed by atoms with Gasteiger partial charge in [0.1, 0.15) is 12.6 Å². The van der Waals surface area contributed by atoms with Crippen molar-refractivity contribution in [1.29, 1.82) is 5.26 Å². The van der Waals surface area contributed by atoms with Crippen LogP contribution in [0, 0.1) is 11.3 Å². The second-order valence-corrected chi connectivity index (χ2v) is 4.04. The number of amides is 1. The fraction of sp³-hybridized carbons (Fsp3) is 0.231. The van der Waals surface area contributed by atoms with E-state index in [1.165, 1.54) is 4.90 Å². The average molecular weight is 263 g/mol. The number of benzene rings is 1. The summed E-state index contributed by atoms with van der Waals surface area (Å²) in [5, 5.41) is 9.08. The van der Waals surface area contributed by atoms with Gasteiger partial charge < -0.3 is 4.74 Å². The molecule has 0 saturated heterocycles. The largest absolute Gasteiger partial charge is 0.448 e. The van der Waals surface area contributed by atoms with Crippen molar-refractivity contribution in [2.45, 2.75) is 6.04 Å². The Morgan fingerprint density at radius 2 is 2.28 bits per heavy atom. The summed E-state index contributed by atoms with van der Waals surface area (Å²) in [5.41, 5.74) is 1.55. The summed E-state index contributed by atoms with van der Waals surface area (Å²) in [6, 6.07) is 8.75. The minimum atomic E-state index is -0.650. The lowest BCUT2D eigenvalue weighted by Gasteiger charge is -2.29. The molecule has 0 bridgehead atoms. The third-order valence-electron chi connectivity index (χ3n) is 2.56. The van der Waals surface area contributed by atoms with Crippen molar-refractivity contribution in [2.24, 2.45) is 0 Å². The van der Waals surface area contributed by atoms with Gasteiger partial charge in [-0.2, -0.15) is 5.26 Å². The summed E-state index contributed by atoms with van der Waals surface area (Å²) >= 11 is 5.48. The molecule has 18 heavy (non-hydrogen) atoms. The minimum Gasteiger partial charge on any atom is -0.448 e. The molecule has 1 heterocycles. The van der Waals surface area contributed by atoms with Gasteiger partial charge >= 0.3 is 6.09 Å². The van der Waals surface area contributed by atoms with Crippen LogP contribution in [0.1, 0.15) is 5.56 Å². The lowest BCUT2D eigenvalue weighted by Crippen LogP contribution is -2.41. The van der Waals surface area contributed by atoms with Gasteiger partial charge in [0.15, 0.2) is 0 Å². The molecule has 0 saturated carbocycles. The Labute approximate surface area is 110 Å². The predicted molar refractivity (Wildman–Crippen MR) is 69.4 cm³/mol. The molecule has 1 aliphatic heterocycles. The molecule has 1 aromatic rings. The van der Waals surface area contributed by atoms with Crippen LogP contribution in [0.15, 0.2) is 30.3 Å². The molecule has 1 amide bonds. The van der Waals surface area contributed by atoms with Gasteiger partial charge in [0.25, 0.3) is 0 Å². The number of hydrogen-bond donors (Lipinski definition) is 0. The number of para-hydroxylation sites is 1. The van der Waals surface area contributed by atoms with E-state index in [0.29, 0.717) is 5.69 Å². The Morgan fingerprint density at radius 1 is 1.50 bits per heavy atom. The third kappa shape index (κ3) is 2.31. The third-order valence-corrected chi connectivity index (χ3v) is 2.72. The first-order chi connectivity index (χ1) is 8.77. The zero-order valence-corrected chi connectivity index (χ0v) is 10.3. The smallest absolute Gasteiger partial charge is 0.415 e. The summed E-state index contributed by atoms with van der Waals surface area (Å²) in [4.78, 5) is 13.3. The zero-order chi connectivity index (χ0) is 13.0. The quantitative estimate of drug-likeness (QED) is 0.770. The van der Waals surface area contributed by atoms with Crippen LogP contribution in [0.2, 0.25) is 0 Å². The number of hydrogen-bond acceptors (Lipinski definition) is 3. The molecule has 2 rings (SSSR count). The number of rotatable bonds is 2. The summed E-state index contributed by atoms with van der Waals surface area (Å²) < 4.78 is 4.99. The first-order valence-corrected chi connectivity index (χ1v) is 6.00. The number of anilines is 1. The highest BCUT2D eigenvalue weighted by Gasteiger charge is 2.28. The van der Waals surface area contributed by atoms with E-state index in [0.717, 1.165) is 5.56 Å². The Balaban J connectivity index is 2.33. The lowest BCUT2D eigenvalue weighted by atomic mass is 10.0. The molecule has 1 aliphatic rings. The first-order valence-electron chi connectivity index (χ1n) is 5.46. The standard InChI is InChI=1S/C13H11ClN2O2/c14-7-8-18-13(17)16-11(9-15)6-5-10-3-1-2-4-12(10)16/h1-6,11H,7-8H2. The van der Waals surface area contributed by atoms with Gasteiger partial charge in [-0.3, -0.25) is 4.90 Å². The molecule has 92 valence electrons. The maximum Gasteiger partial charge on any atom is 0.415 e. The maximum atomic E-state index is 11.9. The molecule has 0 spiro atoms. The molecular weight excluding hydrogens is 252 g/mol. The number of nitrogens with zero attached hydrogens (tertiary/aromatic N) is 2. The van der Waals surface area contributed by atoms with E-state index in [2.05, 4.69) is 6.07 Å². The van der Waals surface area contributed by atoms with Gasteiger partial charge in [-0.15, -0.1) is 11.6 Å². The van der Waals surface area contributed by atoms with Crippen molar-refractivity contribution in [1.82, 2.24) is 0 Å². The second-order valence-electron chi connectivity index (χ2n) is 3.67. The van der Waals surface area contributed by atoms with E-state index in [1.807, 2.05) is 24.3 Å². The summed E-state index contributed by atoms with van der Waals surface area (Å²) in [7, 11) is 0. The monoisotopic (exact) mass is 262 g/mol. The van der Waals surface area contributed by atoms with Gasteiger partial charge in [0, 0.05) is 0 Å². The van der Waals surface area contributed by atoms with E-state index in [9.17, 15) is 4.79 Å². The highest BCUT2D eigenvalue weighted by Crippen LogP contribution is 2.29. The minimum absolute atomic E-state index is 0.126. The van der Waals surface area contributed by atoms with E-state index in [1.54, 1.807) is 12.1 Å². The van der Waals surface area contributed by atoms with Crippen molar-refractivity contribution in [3.8, 4) is 6.07 Å². The van der Waals surface area contributed by atoms with Gasteiger partial charge in [-0.05, 0) is 17.7 Å². The van der Waals surface area contributed by atoms with E-state index >= 15 is 0 Å². The van der Waals surface area contributed by atoms with Crippen molar-refractivity contribution in [3.05, 3.63) is 35.9 Å². The Hall–Kier alpha value is -1.99. The number of alkyl halides is 1. The van der Waals surface area contributed by atoms with Gasteiger partial charge in [-0.1, -0.05) is 24.3 Å². The number of ether oxygens (including phenoxy) is 1. The summed E-state index contributed by atoms with van der Waals surface area (Å²) in [6.07, 6.45) is 2.94. The molecule has 4 nitrogen and oxygen atoms in total. The lowest BCUT2D eigenvalue weighted by molar-refractivity contribution is 0.160. The van der Waals surface area contributed by atoms with Crippen molar-refractivity contribution in [2.75, 3.05) is 17.4 Å². The van der Waals surface area contributed by atoms with Crippen LogP contribution >= 0.6 is 11.6 Å². The number of fused-ring (bicyclic) bond motifs is 1. The number of carbonyl (C=O) groups is 1. The molecule has 0 aliphatic carbocycles. The zero-order valence-electron chi connectivity index (χ0n) is 9.54. The van der Waals surface area contributed by atoms with Crippen LogP contribution in [-0.2, 0) is 4.74 Å². The predicted octanol–water partition coefficient (Wildman–Crippen LogP) is 2.79. The second kappa shape index (κ2) is 5.56. The molecular formula is C13H11ClN2O2. The Morgan fingerprint density at radius 3 is 3.00 bits per heavy atom. The molecule has 0 N–H and O–H groups in total. The fourth-order valence-corrected chi connectivity index (χ4v) is 1.86. The van der Waals surface area contributed by atoms with E-state index in [-0.39, 0.29) is 12.5 Å². The van der Waals surface area contributed by atoms with Crippen LogP contribution in [-0.4, -0.2) is 24.6 Å². The van der Waals surface area contributed by atoms with Crippen LogP contribution in [0.3, 0.4) is 0 Å². The topological polar surface area (TPSA) is 53.3 Å². The van der Waals surface area contributed by atoms with Crippen LogP contribution < -0.4 is 4.90 Å². The summed E-state index contributed by atoms with van der Waals surface area (Å²) in [6.45, 7) is 0.126.